The van der Waals surface area contributed by atoms with Gasteiger partial charge in [-0.2, -0.15) is 0 Å². The van der Waals surface area contributed by atoms with Crippen LogP contribution in [0.2, 0.25) is 0 Å². The highest BCUT2D eigenvalue weighted by Crippen LogP contribution is 2.43. The fourth-order valence-corrected chi connectivity index (χ4v) is 5.42. The van der Waals surface area contributed by atoms with Gasteiger partial charge < -0.3 is 19.6 Å². The van der Waals surface area contributed by atoms with E-state index in [0.717, 1.165) is 22.0 Å². The minimum atomic E-state index is -1.56. The lowest BCUT2D eigenvalue weighted by Crippen LogP contribution is -2.48. The molecule has 5 nitrogen and oxygen atoms in total. The molecule has 0 unspecified atom stereocenters. The molecule has 0 saturated heterocycles. The van der Waals surface area contributed by atoms with Gasteiger partial charge in [0.1, 0.15) is 42.0 Å². The number of ether oxygens (including phenoxy) is 2. The number of nitrogens with one attached hydrogen (secondary N) is 1. The first-order chi connectivity index (χ1) is 18.6. The molecule has 2 atom stereocenters. The summed E-state index contributed by atoms with van der Waals surface area (Å²) in [5.74, 6) is -0.827. The Morgan fingerprint density at radius 3 is 2.36 bits per heavy atom. The van der Waals surface area contributed by atoms with Crippen LogP contribution in [0, 0.1) is 11.6 Å². The maximum absolute atomic E-state index is 15.8. The highest BCUT2D eigenvalue weighted by Gasteiger charge is 2.41. The number of benzene rings is 3. The Balaban J connectivity index is 1.47. The van der Waals surface area contributed by atoms with E-state index < -0.39 is 23.3 Å². The third-order valence-corrected chi connectivity index (χ3v) is 7.09. The number of H-pyrrole nitrogens is 1. The van der Waals surface area contributed by atoms with Gasteiger partial charge in [-0.05, 0) is 56.5 Å². The van der Waals surface area contributed by atoms with Crippen molar-refractivity contribution in [2.24, 2.45) is 0 Å². The van der Waals surface area contributed by atoms with Gasteiger partial charge in [-0.25, -0.2) is 13.2 Å². The zero-order valence-electron chi connectivity index (χ0n) is 22.3. The predicted octanol–water partition coefficient (Wildman–Crippen LogP) is 6.48. The highest BCUT2D eigenvalue weighted by molar-refractivity contribution is 5.85. The molecule has 0 radical (unpaired) electrons. The third-order valence-electron chi connectivity index (χ3n) is 7.09. The quantitative estimate of drug-likeness (QED) is 0.256. The second-order valence-electron chi connectivity index (χ2n) is 10.7. The molecule has 0 saturated carbocycles. The van der Waals surface area contributed by atoms with E-state index >= 15 is 8.78 Å². The number of halogens is 3. The van der Waals surface area contributed by atoms with Crippen molar-refractivity contribution in [2.45, 2.75) is 51.6 Å². The van der Waals surface area contributed by atoms with Crippen LogP contribution in [0.15, 0.2) is 60.7 Å². The van der Waals surface area contributed by atoms with Crippen LogP contribution in [-0.2, 0) is 13.0 Å². The van der Waals surface area contributed by atoms with Crippen molar-refractivity contribution < 1.29 is 27.8 Å². The van der Waals surface area contributed by atoms with Gasteiger partial charge in [0, 0.05) is 46.9 Å². The van der Waals surface area contributed by atoms with E-state index in [1.54, 1.807) is 24.3 Å². The fourth-order valence-electron chi connectivity index (χ4n) is 5.42. The zero-order valence-corrected chi connectivity index (χ0v) is 22.3. The second kappa shape index (κ2) is 10.9. The summed E-state index contributed by atoms with van der Waals surface area (Å²) in [5, 5.41) is 9.88. The Morgan fingerprint density at radius 1 is 1.00 bits per heavy atom. The molecule has 4 aromatic rings. The molecule has 0 aliphatic carbocycles. The lowest BCUT2D eigenvalue weighted by atomic mass is 9.87. The molecular formula is C31H33F3N2O3. The lowest BCUT2D eigenvalue weighted by molar-refractivity contribution is 0.0642. The maximum atomic E-state index is 15.8. The molecule has 0 bridgehead atoms. The molecule has 1 aromatic heterocycles. The number of hydrogen-bond acceptors (Lipinski definition) is 4. The Labute approximate surface area is 226 Å². The van der Waals surface area contributed by atoms with E-state index in [9.17, 15) is 4.39 Å². The van der Waals surface area contributed by atoms with Crippen LogP contribution in [0.4, 0.5) is 13.2 Å². The van der Waals surface area contributed by atoms with E-state index in [2.05, 4.69) is 4.98 Å². The zero-order chi connectivity index (χ0) is 27.7. The van der Waals surface area contributed by atoms with Crippen molar-refractivity contribution in [3.8, 4) is 11.5 Å². The molecule has 206 valence electrons. The smallest absolute Gasteiger partial charge is 0.135 e. The number of para-hydroxylation sites is 1. The summed E-state index contributed by atoms with van der Waals surface area (Å²) in [6.07, 6.45) is 0.639. The second-order valence-corrected chi connectivity index (χ2v) is 10.7. The molecular weight excluding hydrogens is 505 g/mol. The van der Waals surface area contributed by atoms with E-state index in [1.807, 2.05) is 36.1 Å². The van der Waals surface area contributed by atoms with Gasteiger partial charge >= 0.3 is 0 Å². The van der Waals surface area contributed by atoms with Crippen LogP contribution in [0.3, 0.4) is 0 Å². The number of aromatic amines is 1. The van der Waals surface area contributed by atoms with Gasteiger partial charge in [0.25, 0.3) is 0 Å². The van der Waals surface area contributed by atoms with Gasteiger partial charge in [0.2, 0.25) is 0 Å². The van der Waals surface area contributed by atoms with Gasteiger partial charge in [-0.3, -0.25) is 4.90 Å². The molecule has 39 heavy (non-hydrogen) atoms. The van der Waals surface area contributed by atoms with Crippen molar-refractivity contribution in [3.63, 3.8) is 0 Å². The number of hydrogen-bond donors (Lipinski definition) is 2. The van der Waals surface area contributed by atoms with Crippen molar-refractivity contribution >= 4 is 10.9 Å². The fraction of sp³-hybridized carbons (Fsp3) is 0.355. The Kier molecular flexibility index (Phi) is 7.60. The number of aliphatic hydroxyl groups is 1. The summed E-state index contributed by atoms with van der Waals surface area (Å²) < 4.78 is 57.6. The van der Waals surface area contributed by atoms with Gasteiger partial charge in [0.15, 0.2) is 0 Å². The molecule has 0 spiro atoms. The van der Waals surface area contributed by atoms with E-state index in [0.29, 0.717) is 17.9 Å². The van der Waals surface area contributed by atoms with Crippen molar-refractivity contribution in [1.82, 2.24) is 9.88 Å². The summed E-state index contributed by atoms with van der Waals surface area (Å²) >= 11 is 0. The Bertz CT molecular complexity index is 1420. The Hall–Kier alpha value is -3.49. The first-order valence-corrected chi connectivity index (χ1v) is 13.1. The normalized spacial score (nSPS) is 17.8. The summed E-state index contributed by atoms with van der Waals surface area (Å²) in [6.45, 7) is 5.16. The van der Waals surface area contributed by atoms with Crippen LogP contribution in [0.1, 0.15) is 49.2 Å². The summed E-state index contributed by atoms with van der Waals surface area (Å²) in [6, 6.07) is 16.2. The summed E-state index contributed by atoms with van der Waals surface area (Å²) in [7, 11) is 0. The molecule has 0 fully saturated rings. The number of nitrogens with zero attached hydrogens (tertiary/aromatic N) is 1. The first kappa shape index (κ1) is 27.1. The average molecular weight is 539 g/mol. The van der Waals surface area contributed by atoms with Crippen molar-refractivity contribution in [3.05, 3.63) is 94.7 Å². The molecule has 5 rings (SSSR count). The number of alkyl halides is 1. The van der Waals surface area contributed by atoms with Crippen molar-refractivity contribution in [2.75, 3.05) is 19.8 Å². The molecule has 8 heteroatoms. The molecule has 1 aliphatic heterocycles. The SMILES string of the molecule is C[C@@H]1Cc2c([nH]c3ccccc23)[C@@H](c2c(F)cc(OCc3ccc(OCCO)cc3)cc2F)N1CC(C)(C)F. The molecule has 2 heterocycles. The van der Waals surface area contributed by atoms with Crippen molar-refractivity contribution in [1.29, 1.82) is 0 Å². The number of aromatic nitrogens is 1. The number of aliphatic hydroxyl groups excluding tert-OH is 1. The highest BCUT2D eigenvalue weighted by atomic mass is 19.1. The predicted molar refractivity (Wildman–Crippen MR) is 145 cm³/mol. The largest absolute Gasteiger partial charge is 0.491 e. The monoisotopic (exact) mass is 538 g/mol. The van der Waals surface area contributed by atoms with Gasteiger partial charge in [-0.15, -0.1) is 0 Å². The average Bonchev–Trinajstić information content (AvgIpc) is 3.25. The van der Waals surface area contributed by atoms with Gasteiger partial charge in [0.05, 0.1) is 12.6 Å². The number of fused-ring (bicyclic) bond motifs is 3. The van der Waals surface area contributed by atoms with Crippen LogP contribution in [-0.4, -0.2) is 46.5 Å². The van der Waals surface area contributed by atoms with E-state index in [-0.39, 0.29) is 43.7 Å². The molecule has 1 aliphatic rings. The summed E-state index contributed by atoms with van der Waals surface area (Å²) in [4.78, 5) is 5.23. The van der Waals surface area contributed by atoms with Gasteiger partial charge in [-0.1, -0.05) is 30.3 Å². The minimum Gasteiger partial charge on any atom is -0.491 e. The minimum absolute atomic E-state index is 0.0167. The standard InChI is InChI=1S/C31H33F3N2O3/c1-19-14-24-23-6-4-5-7-27(23)35-29(24)30(36(19)18-31(2,3)34)28-25(32)15-22(16-26(28)33)39-17-20-8-10-21(11-9-20)38-13-12-37/h4-11,15-16,19,30,35,37H,12-14,17-18H2,1-3H3/t19-,30-/m1/s1. The van der Waals surface area contributed by atoms with E-state index in [1.165, 1.54) is 26.0 Å². The van der Waals surface area contributed by atoms with E-state index in [4.69, 9.17) is 14.6 Å². The maximum Gasteiger partial charge on any atom is 0.135 e. The first-order valence-electron chi connectivity index (χ1n) is 13.1. The number of rotatable bonds is 9. The Morgan fingerprint density at radius 2 is 1.69 bits per heavy atom. The van der Waals surface area contributed by atoms with Crippen LogP contribution in [0.25, 0.3) is 10.9 Å². The molecule has 0 amide bonds. The molecule has 3 aromatic carbocycles. The van der Waals surface area contributed by atoms with Crippen LogP contribution < -0.4 is 9.47 Å². The van der Waals surface area contributed by atoms with Crippen LogP contribution in [0.5, 0.6) is 11.5 Å². The lowest BCUT2D eigenvalue weighted by Gasteiger charge is -2.43. The topological polar surface area (TPSA) is 57.7 Å². The molecule has 2 N–H and O–H groups in total. The third kappa shape index (κ3) is 5.77. The summed E-state index contributed by atoms with van der Waals surface area (Å²) in [5.41, 5.74) is 1.67. The van der Waals surface area contributed by atoms with Crippen LogP contribution >= 0.6 is 0 Å².